The van der Waals surface area contributed by atoms with Crippen molar-refractivity contribution >= 4 is 18.3 Å². The fraction of sp³-hybridized carbons (Fsp3) is 0.444. The maximum Gasteiger partial charge on any atom is 0.224 e. The highest BCUT2D eigenvalue weighted by molar-refractivity contribution is 5.85. The SMILES string of the molecule is Cc1nn(C)c(C)c1CCNC(=O)C(C)C(N)c1ccccc1.Cl. The molecular formula is C18H27ClN4O. The van der Waals surface area contributed by atoms with Crippen LogP contribution in [0.3, 0.4) is 0 Å². The number of benzene rings is 1. The Morgan fingerprint density at radius 1 is 1.29 bits per heavy atom. The van der Waals surface area contributed by atoms with E-state index in [1.807, 2.05) is 62.8 Å². The predicted octanol–water partition coefficient (Wildman–Crippen LogP) is 2.45. The molecule has 5 nitrogen and oxygen atoms in total. The smallest absolute Gasteiger partial charge is 0.224 e. The molecule has 1 aromatic carbocycles. The van der Waals surface area contributed by atoms with Gasteiger partial charge in [-0.05, 0) is 31.4 Å². The van der Waals surface area contributed by atoms with Crippen molar-refractivity contribution in [3.8, 4) is 0 Å². The minimum atomic E-state index is -0.293. The number of hydrogen-bond donors (Lipinski definition) is 2. The summed E-state index contributed by atoms with van der Waals surface area (Å²) in [4.78, 5) is 12.3. The van der Waals surface area contributed by atoms with E-state index in [4.69, 9.17) is 5.73 Å². The summed E-state index contributed by atoms with van der Waals surface area (Å²) >= 11 is 0. The number of halogens is 1. The molecule has 2 unspecified atom stereocenters. The number of nitrogens with two attached hydrogens (primary N) is 1. The van der Waals surface area contributed by atoms with E-state index in [-0.39, 0.29) is 30.3 Å². The molecule has 0 spiro atoms. The maximum atomic E-state index is 12.3. The Balaban J connectivity index is 0.00000288. The minimum absolute atomic E-state index is 0. The van der Waals surface area contributed by atoms with Crippen molar-refractivity contribution < 1.29 is 4.79 Å². The van der Waals surface area contributed by atoms with Crippen LogP contribution in [0.2, 0.25) is 0 Å². The quantitative estimate of drug-likeness (QED) is 0.840. The molecule has 0 saturated carbocycles. The van der Waals surface area contributed by atoms with Crippen LogP contribution in [0, 0.1) is 19.8 Å². The zero-order valence-corrected chi connectivity index (χ0v) is 15.6. The Morgan fingerprint density at radius 3 is 2.46 bits per heavy atom. The van der Waals surface area contributed by atoms with E-state index in [2.05, 4.69) is 10.4 Å². The summed E-state index contributed by atoms with van der Waals surface area (Å²) < 4.78 is 1.88. The van der Waals surface area contributed by atoms with Gasteiger partial charge in [0, 0.05) is 25.3 Å². The Bertz CT molecular complexity index is 669. The van der Waals surface area contributed by atoms with Gasteiger partial charge in [-0.3, -0.25) is 9.48 Å². The number of nitrogens with one attached hydrogen (secondary N) is 1. The number of nitrogens with zero attached hydrogens (tertiary/aromatic N) is 2. The average molecular weight is 351 g/mol. The molecule has 0 aliphatic carbocycles. The van der Waals surface area contributed by atoms with Crippen molar-refractivity contribution in [3.63, 3.8) is 0 Å². The lowest BCUT2D eigenvalue weighted by Crippen LogP contribution is -2.36. The van der Waals surface area contributed by atoms with Crippen LogP contribution in [0.5, 0.6) is 0 Å². The first kappa shape index (κ1) is 20.2. The molecule has 132 valence electrons. The van der Waals surface area contributed by atoms with Gasteiger partial charge in [0.05, 0.1) is 11.6 Å². The van der Waals surface area contributed by atoms with Gasteiger partial charge in [0.1, 0.15) is 0 Å². The van der Waals surface area contributed by atoms with E-state index >= 15 is 0 Å². The molecule has 3 N–H and O–H groups in total. The van der Waals surface area contributed by atoms with Crippen molar-refractivity contribution in [1.29, 1.82) is 0 Å². The van der Waals surface area contributed by atoms with E-state index in [0.29, 0.717) is 6.54 Å². The second-order valence-electron chi connectivity index (χ2n) is 6.04. The first-order valence-electron chi connectivity index (χ1n) is 7.99. The molecule has 2 aromatic rings. The van der Waals surface area contributed by atoms with E-state index in [9.17, 15) is 4.79 Å². The van der Waals surface area contributed by atoms with Gasteiger partial charge in [-0.15, -0.1) is 12.4 Å². The number of rotatable bonds is 6. The maximum absolute atomic E-state index is 12.3. The second kappa shape index (κ2) is 8.85. The molecular weight excluding hydrogens is 324 g/mol. The van der Waals surface area contributed by atoms with Crippen LogP contribution in [-0.4, -0.2) is 22.2 Å². The number of amides is 1. The number of carbonyl (C=O) groups excluding carboxylic acids is 1. The van der Waals surface area contributed by atoms with E-state index in [1.54, 1.807) is 0 Å². The summed E-state index contributed by atoms with van der Waals surface area (Å²) in [6.07, 6.45) is 0.782. The Morgan fingerprint density at radius 2 is 1.92 bits per heavy atom. The molecule has 2 rings (SSSR count). The molecule has 0 aliphatic rings. The lowest BCUT2D eigenvalue weighted by Gasteiger charge is -2.19. The van der Waals surface area contributed by atoms with Gasteiger partial charge in [0.2, 0.25) is 5.91 Å². The molecule has 1 amide bonds. The summed E-state index contributed by atoms with van der Waals surface area (Å²) in [6.45, 7) is 6.51. The van der Waals surface area contributed by atoms with Gasteiger partial charge >= 0.3 is 0 Å². The van der Waals surface area contributed by atoms with E-state index in [1.165, 1.54) is 5.56 Å². The first-order valence-corrected chi connectivity index (χ1v) is 7.99. The molecule has 0 bridgehead atoms. The molecule has 0 radical (unpaired) electrons. The predicted molar refractivity (Wildman–Crippen MR) is 99.2 cm³/mol. The van der Waals surface area contributed by atoms with Crippen molar-refractivity contribution in [3.05, 3.63) is 52.8 Å². The molecule has 24 heavy (non-hydrogen) atoms. The van der Waals surface area contributed by atoms with Crippen molar-refractivity contribution in [1.82, 2.24) is 15.1 Å². The summed E-state index contributed by atoms with van der Waals surface area (Å²) in [5, 5.41) is 7.38. The Hall–Kier alpha value is -1.85. The third kappa shape index (κ3) is 4.58. The zero-order valence-electron chi connectivity index (χ0n) is 14.7. The Kier molecular flexibility index (Phi) is 7.45. The molecule has 1 heterocycles. The van der Waals surface area contributed by atoms with Crippen LogP contribution in [0.4, 0.5) is 0 Å². The van der Waals surface area contributed by atoms with Crippen molar-refractivity contribution in [2.45, 2.75) is 33.2 Å². The standard InChI is InChI=1S/C18H26N4O.ClH/c1-12(17(19)15-8-6-5-7-9-15)18(23)20-11-10-16-13(2)21-22(4)14(16)3;/h5-9,12,17H,10-11,19H2,1-4H3,(H,20,23);1H. The number of aryl methyl sites for hydroxylation is 2. The fourth-order valence-corrected chi connectivity index (χ4v) is 2.78. The van der Waals surface area contributed by atoms with Crippen LogP contribution in [0.15, 0.2) is 30.3 Å². The molecule has 1 aromatic heterocycles. The molecule has 6 heteroatoms. The average Bonchev–Trinajstić information content (AvgIpc) is 2.80. The Labute approximate surface area is 150 Å². The highest BCUT2D eigenvalue weighted by atomic mass is 35.5. The van der Waals surface area contributed by atoms with E-state index in [0.717, 1.165) is 23.4 Å². The second-order valence-corrected chi connectivity index (χ2v) is 6.04. The molecule has 2 atom stereocenters. The van der Waals surface area contributed by atoms with Crippen LogP contribution < -0.4 is 11.1 Å². The number of carbonyl (C=O) groups is 1. The van der Waals surface area contributed by atoms with Crippen LogP contribution in [0.25, 0.3) is 0 Å². The van der Waals surface area contributed by atoms with Gasteiger partial charge in [0.15, 0.2) is 0 Å². The minimum Gasteiger partial charge on any atom is -0.355 e. The van der Waals surface area contributed by atoms with E-state index < -0.39 is 0 Å². The van der Waals surface area contributed by atoms with Crippen molar-refractivity contribution in [2.24, 2.45) is 18.7 Å². The van der Waals surface area contributed by atoms with Gasteiger partial charge in [-0.1, -0.05) is 37.3 Å². The first-order chi connectivity index (χ1) is 10.9. The van der Waals surface area contributed by atoms with Crippen LogP contribution >= 0.6 is 12.4 Å². The van der Waals surface area contributed by atoms with Crippen molar-refractivity contribution in [2.75, 3.05) is 6.54 Å². The normalized spacial score (nSPS) is 13.0. The van der Waals surface area contributed by atoms with Crippen LogP contribution in [0.1, 0.15) is 35.5 Å². The van der Waals surface area contributed by atoms with Gasteiger partial charge < -0.3 is 11.1 Å². The third-order valence-electron chi connectivity index (χ3n) is 4.47. The topological polar surface area (TPSA) is 72.9 Å². The molecule has 0 saturated heterocycles. The summed E-state index contributed by atoms with van der Waals surface area (Å²) in [7, 11) is 1.94. The highest BCUT2D eigenvalue weighted by Crippen LogP contribution is 2.19. The van der Waals surface area contributed by atoms with Gasteiger partial charge in [0.25, 0.3) is 0 Å². The van der Waals surface area contributed by atoms with Gasteiger partial charge in [-0.2, -0.15) is 5.10 Å². The number of hydrogen-bond acceptors (Lipinski definition) is 3. The molecule has 0 fully saturated rings. The highest BCUT2D eigenvalue weighted by Gasteiger charge is 2.21. The zero-order chi connectivity index (χ0) is 17.0. The summed E-state index contributed by atoms with van der Waals surface area (Å²) in [5.41, 5.74) is 10.5. The summed E-state index contributed by atoms with van der Waals surface area (Å²) in [6, 6.07) is 9.44. The largest absolute Gasteiger partial charge is 0.355 e. The fourth-order valence-electron chi connectivity index (χ4n) is 2.78. The van der Waals surface area contributed by atoms with Crippen LogP contribution in [-0.2, 0) is 18.3 Å². The molecule has 0 aliphatic heterocycles. The lowest BCUT2D eigenvalue weighted by molar-refractivity contribution is -0.125. The third-order valence-corrected chi connectivity index (χ3v) is 4.47. The number of aromatic nitrogens is 2. The monoisotopic (exact) mass is 350 g/mol. The van der Waals surface area contributed by atoms with Gasteiger partial charge in [-0.25, -0.2) is 0 Å². The summed E-state index contributed by atoms with van der Waals surface area (Å²) in [5.74, 6) is -0.283. The lowest BCUT2D eigenvalue weighted by atomic mass is 9.94.